The van der Waals surface area contributed by atoms with Crippen LogP contribution in [0.1, 0.15) is 5.56 Å². The van der Waals surface area contributed by atoms with E-state index < -0.39 is 21.2 Å². The molecule has 1 radical (unpaired) electrons. The number of azo groups is 1. The minimum Gasteiger partial charge on any atom is -0.258 e. The van der Waals surface area contributed by atoms with E-state index in [1.54, 1.807) is 25.1 Å². The highest BCUT2D eigenvalue weighted by Gasteiger charge is 2.23. The SMILES string of the molecule is Cc1[c]cccc1N=Nc1c(Br)cc([N+](=O)[O-])cc1[N+](=O)[O-]. The Morgan fingerprint density at radius 1 is 1.18 bits per heavy atom. The fourth-order valence-corrected chi connectivity index (χ4v) is 2.15. The van der Waals surface area contributed by atoms with Crippen LogP contribution >= 0.6 is 15.9 Å². The predicted molar refractivity (Wildman–Crippen MR) is 81.6 cm³/mol. The zero-order valence-corrected chi connectivity index (χ0v) is 12.8. The van der Waals surface area contributed by atoms with Gasteiger partial charge in [0.2, 0.25) is 0 Å². The minimum atomic E-state index is -0.740. The molecule has 0 fully saturated rings. The molecule has 9 heteroatoms. The number of non-ortho nitro benzene ring substituents is 1. The number of nitro benzene ring substituents is 2. The first-order valence-electron chi connectivity index (χ1n) is 5.91. The smallest absolute Gasteiger partial charge is 0.258 e. The lowest BCUT2D eigenvalue weighted by Gasteiger charge is -2.01. The Morgan fingerprint density at radius 2 is 1.91 bits per heavy atom. The van der Waals surface area contributed by atoms with Gasteiger partial charge in [0.25, 0.3) is 5.69 Å². The maximum atomic E-state index is 11.1. The van der Waals surface area contributed by atoms with E-state index in [0.29, 0.717) is 5.69 Å². The Hall–Kier alpha value is -2.68. The number of aryl methyl sites for hydroxylation is 1. The summed E-state index contributed by atoms with van der Waals surface area (Å²) in [7, 11) is 0. The number of hydrogen-bond donors (Lipinski definition) is 0. The molecule has 0 aliphatic heterocycles. The van der Waals surface area contributed by atoms with Crippen molar-refractivity contribution in [3.05, 3.63) is 66.7 Å². The molecule has 0 atom stereocenters. The Balaban J connectivity index is 2.53. The molecule has 0 N–H and O–H groups in total. The Labute approximate surface area is 132 Å². The predicted octanol–water partition coefficient (Wildman–Crippen LogP) is 4.79. The van der Waals surface area contributed by atoms with E-state index in [1.165, 1.54) is 0 Å². The van der Waals surface area contributed by atoms with Crippen LogP contribution in [0.25, 0.3) is 0 Å². The van der Waals surface area contributed by atoms with Gasteiger partial charge in [0.05, 0.1) is 26.1 Å². The highest BCUT2D eigenvalue weighted by molar-refractivity contribution is 9.10. The topological polar surface area (TPSA) is 111 Å². The van der Waals surface area contributed by atoms with Crippen molar-refractivity contribution in [2.24, 2.45) is 10.2 Å². The van der Waals surface area contributed by atoms with E-state index in [-0.39, 0.29) is 10.2 Å². The lowest BCUT2D eigenvalue weighted by Crippen LogP contribution is -1.93. The molecule has 2 rings (SSSR count). The van der Waals surface area contributed by atoms with Crippen molar-refractivity contribution in [2.45, 2.75) is 6.92 Å². The summed E-state index contributed by atoms with van der Waals surface area (Å²) in [4.78, 5) is 20.4. The first-order valence-corrected chi connectivity index (χ1v) is 6.71. The average molecular weight is 364 g/mol. The number of rotatable bonds is 4. The molecule has 0 bridgehead atoms. The molecule has 0 heterocycles. The summed E-state index contributed by atoms with van der Waals surface area (Å²) < 4.78 is 0.120. The quantitative estimate of drug-likeness (QED) is 0.441. The number of nitro groups is 2. The average Bonchev–Trinajstić information content (AvgIpc) is 2.46. The zero-order valence-electron chi connectivity index (χ0n) is 11.2. The Bertz CT molecular complexity index is 792. The second-order valence-corrected chi connectivity index (χ2v) is 5.04. The van der Waals surface area contributed by atoms with Crippen molar-refractivity contribution < 1.29 is 9.85 Å². The summed E-state index contributed by atoms with van der Waals surface area (Å²) in [6, 6.07) is 10.0. The second kappa shape index (κ2) is 6.39. The third-order valence-corrected chi connectivity index (χ3v) is 3.33. The van der Waals surface area contributed by atoms with Gasteiger partial charge in [-0.2, -0.15) is 0 Å². The van der Waals surface area contributed by atoms with Crippen molar-refractivity contribution in [3.63, 3.8) is 0 Å². The van der Waals surface area contributed by atoms with Crippen molar-refractivity contribution in [3.8, 4) is 0 Å². The molecule has 2 aromatic rings. The second-order valence-electron chi connectivity index (χ2n) is 4.19. The van der Waals surface area contributed by atoms with E-state index in [1.807, 2.05) is 0 Å². The van der Waals surface area contributed by atoms with E-state index in [4.69, 9.17) is 0 Å². The molecule has 0 saturated heterocycles. The molecular weight excluding hydrogens is 356 g/mol. The molecular formula is C13H8BrN4O4. The molecule has 8 nitrogen and oxygen atoms in total. The largest absolute Gasteiger partial charge is 0.304 e. The summed E-state index contributed by atoms with van der Waals surface area (Å²) in [5.74, 6) is 0. The van der Waals surface area contributed by atoms with Crippen molar-refractivity contribution in [1.29, 1.82) is 0 Å². The number of halogens is 1. The van der Waals surface area contributed by atoms with E-state index in [0.717, 1.165) is 17.7 Å². The molecule has 111 valence electrons. The monoisotopic (exact) mass is 363 g/mol. The van der Waals surface area contributed by atoms with Crippen LogP contribution in [0.15, 0.2) is 45.0 Å². The van der Waals surface area contributed by atoms with Crippen LogP contribution < -0.4 is 0 Å². The van der Waals surface area contributed by atoms with Gasteiger partial charge < -0.3 is 0 Å². The first kappa shape index (κ1) is 15.7. The van der Waals surface area contributed by atoms with Gasteiger partial charge in [0.1, 0.15) is 0 Å². The number of benzene rings is 2. The van der Waals surface area contributed by atoms with E-state index in [2.05, 4.69) is 32.2 Å². The lowest BCUT2D eigenvalue weighted by atomic mass is 10.2. The van der Waals surface area contributed by atoms with Gasteiger partial charge in [-0.05, 0) is 40.5 Å². The minimum absolute atomic E-state index is 0.0844. The van der Waals surface area contributed by atoms with Crippen LogP contribution in [0.2, 0.25) is 0 Å². The molecule has 0 aromatic heterocycles. The van der Waals surface area contributed by atoms with Gasteiger partial charge in [-0.1, -0.05) is 12.1 Å². The molecule has 0 amide bonds. The van der Waals surface area contributed by atoms with Crippen LogP contribution in [-0.4, -0.2) is 9.85 Å². The molecule has 0 aliphatic rings. The highest BCUT2D eigenvalue weighted by atomic mass is 79.9. The van der Waals surface area contributed by atoms with Gasteiger partial charge in [-0.25, -0.2) is 0 Å². The van der Waals surface area contributed by atoms with Crippen LogP contribution in [0.4, 0.5) is 22.7 Å². The van der Waals surface area contributed by atoms with Gasteiger partial charge in [-0.15, -0.1) is 10.2 Å². The third-order valence-electron chi connectivity index (χ3n) is 2.73. The van der Waals surface area contributed by atoms with E-state index >= 15 is 0 Å². The summed E-state index contributed by atoms with van der Waals surface area (Å²) in [6.45, 7) is 1.77. The van der Waals surface area contributed by atoms with Crippen LogP contribution in [-0.2, 0) is 0 Å². The molecule has 2 aromatic carbocycles. The molecule has 0 aliphatic carbocycles. The Kier molecular flexibility index (Phi) is 4.56. The fraction of sp³-hybridized carbons (Fsp3) is 0.0769. The maximum Gasteiger partial charge on any atom is 0.304 e. The normalized spacial score (nSPS) is 10.8. The van der Waals surface area contributed by atoms with Gasteiger partial charge in [0.15, 0.2) is 5.69 Å². The summed E-state index contributed by atoms with van der Waals surface area (Å²) in [5, 5.41) is 29.6. The summed E-state index contributed by atoms with van der Waals surface area (Å²) in [5.41, 5.74) is 0.247. The van der Waals surface area contributed by atoms with Crippen molar-refractivity contribution >= 4 is 38.7 Å². The Morgan fingerprint density at radius 3 is 2.50 bits per heavy atom. The summed E-state index contributed by atoms with van der Waals surface area (Å²) in [6.07, 6.45) is 0. The zero-order chi connectivity index (χ0) is 16.3. The fourth-order valence-electron chi connectivity index (χ4n) is 1.64. The van der Waals surface area contributed by atoms with Gasteiger partial charge in [-0.3, -0.25) is 20.2 Å². The first-order chi connectivity index (χ1) is 10.4. The van der Waals surface area contributed by atoms with Crippen LogP contribution in [0, 0.1) is 33.2 Å². The molecule has 0 saturated carbocycles. The van der Waals surface area contributed by atoms with Crippen LogP contribution in [0.3, 0.4) is 0 Å². The highest BCUT2D eigenvalue weighted by Crippen LogP contribution is 2.39. The van der Waals surface area contributed by atoms with Gasteiger partial charge >= 0.3 is 5.69 Å². The van der Waals surface area contributed by atoms with Gasteiger partial charge in [0, 0.05) is 6.07 Å². The standard InChI is InChI=1S/C13H8BrN4O4/c1-8-4-2-3-5-11(8)15-16-13-10(14)6-9(17(19)20)7-12(13)18(21)22/h2-3,5-7H,1H3. The van der Waals surface area contributed by atoms with Crippen molar-refractivity contribution in [2.75, 3.05) is 0 Å². The van der Waals surface area contributed by atoms with E-state index in [9.17, 15) is 20.2 Å². The summed E-state index contributed by atoms with van der Waals surface area (Å²) >= 11 is 3.06. The number of nitrogens with zero attached hydrogens (tertiary/aromatic N) is 4. The maximum absolute atomic E-state index is 11.1. The number of hydrogen-bond acceptors (Lipinski definition) is 6. The third kappa shape index (κ3) is 3.31. The van der Waals surface area contributed by atoms with Crippen molar-refractivity contribution in [1.82, 2.24) is 0 Å². The molecule has 22 heavy (non-hydrogen) atoms. The molecule has 0 unspecified atom stereocenters. The van der Waals surface area contributed by atoms with Crippen LogP contribution in [0.5, 0.6) is 0 Å². The molecule has 0 spiro atoms. The lowest BCUT2D eigenvalue weighted by molar-refractivity contribution is -0.393.